The lowest BCUT2D eigenvalue weighted by molar-refractivity contribution is -0.140. The van der Waals surface area contributed by atoms with Crippen molar-refractivity contribution in [1.82, 2.24) is 9.29 Å². The van der Waals surface area contributed by atoms with Crippen LogP contribution in [0.1, 0.15) is 52.7 Å². The van der Waals surface area contributed by atoms with E-state index in [1.54, 1.807) is 13.0 Å². The molecule has 3 atom stereocenters. The summed E-state index contributed by atoms with van der Waals surface area (Å²) in [4.78, 5) is 15.9. The van der Waals surface area contributed by atoms with E-state index in [1.807, 2.05) is 6.92 Å². The summed E-state index contributed by atoms with van der Waals surface area (Å²) in [6.07, 6.45) is 0.734. The predicted octanol–water partition coefficient (Wildman–Crippen LogP) is 3.82. The van der Waals surface area contributed by atoms with Crippen LogP contribution in [0.5, 0.6) is 5.88 Å². The molecular weight excluding hydrogens is 476 g/mol. The molecule has 1 fully saturated rings. The number of carbonyl (C=O) groups is 1. The second kappa shape index (κ2) is 11.0. The number of rotatable bonds is 11. The number of ether oxygens (including phenoxy) is 2. The molecule has 0 bridgehead atoms. The maximum atomic E-state index is 13.5. The van der Waals surface area contributed by atoms with Gasteiger partial charge < -0.3 is 19.0 Å². The number of sulfonamides is 1. The van der Waals surface area contributed by atoms with Gasteiger partial charge in [0.05, 0.1) is 12.2 Å². The molecule has 194 valence electrons. The van der Waals surface area contributed by atoms with Crippen LogP contribution in [0.25, 0.3) is 0 Å². The highest BCUT2D eigenvalue weighted by molar-refractivity contribution is 7.89. The van der Waals surface area contributed by atoms with Crippen LogP contribution in [0, 0.1) is 6.92 Å². The highest BCUT2D eigenvalue weighted by Crippen LogP contribution is 2.37. The van der Waals surface area contributed by atoms with Gasteiger partial charge in [0.2, 0.25) is 15.9 Å². The monoisotopic (exact) mass is 516 g/mol. The number of carboxylic acid groups (broad SMARTS) is 1. The number of carboxylic acids is 1. The number of hydrogen-bond acceptors (Lipinski definition) is 7. The van der Waals surface area contributed by atoms with Gasteiger partial charge >= 0.3 is 5.97 Å². The fourth-order valence-corrected chi connectivity index (χ4v) is 6.29. The van der Waals surface area contributed by atoms with E-state index in [1.165, 1.54) is 13.2 Å². The van der Waals surface area contributed by atoms with Crippen molar-refractivity contribution in [3.63, 3.8) is 0 Å². The second-order valence-corrected chi connectivity index (χ2v) is 17.1. The first-order chi connectivity index (χ1) is 15.6. The molecule has 1 aliphatic heterocycles. The molecule has 0 saturated carbocycles. The molecule has 0 spiro atoms. The maximum Gasteiger partial charge on any atom is 0.322 e. The van der Waals surface area contributed by atoms with E-state index in [0.29, 0.717) is 18.7 Å². The highest BCUT2D eigenvalue weighted by Gasteiger charge is 2.45. The Hall–Kier alpha value is -1.53. The number of nitrogens with zero attached hydrogens (tertiary/aromatic N) is 2. The molecular formula is C23H40N2O7SSi. The molecule has 1 aliphatic rings. The molecule has 1 aromatic rings. The lowest BCUT2D eigenvalue weighted by atomic mass is 10.2. The molecule has 0 radical (unpaired) electrons. The van der Waals surface area contributed by atoms with E-state index in [4.69, 9.17) is 13.9 Å². The third-order valence-electron chi connectivity index (χ3n) is 6.72. The summed E-state index contributed by atoms with van der Waals surface area (Å²) in [5.74, 6) is -1.22. The van der Waals surface area contributed by atoms with Gasteiger partial charge in [-0.05, 0) is 57.0 Å². The Morgan fingerprint density at radius 3 is 2.53 bits per heavy atom. The number of pyridine rings is 1. The summed E-state index contributed by atoms with van der Waals surface area (Å²) in [6, 6.07) is 1.81. The fraction of sp³-hybridized carbons (Fsp3) is 0.739. The van der Waals surface area contributed by atoms with Gasteiger partial charge in [-0.2, -0.15) is 4.31 Å². The van der Waals surface area contributed by atoms with Crippen molar-refractivity contribution in [2.75, 3.05) is 20.3 Å². The van der Waals surface area contributed by atoms with Crippen LogP contribution < -0.4 is 4.74 Å². The Morgan fingerprint density at radius 1 is 1.32 bits per heavy atom. The average Bonchev–Trinajstić information content (AvgIpc) is 3.16. The summed E-state index contributed by atoms with van der Waals surface area (Å²) < 4.78 is 45.3. The Labute approximate surface area is 205 Å². The maximum absolute atomic E-state index is 13.5. The van der Waals surface area contributed by atoms with Crippen molar-refractivity contribution in [3.8, 4) is 5.88 Å². The average molecular weight is 517 g/mol. The van der Waals surface area contributed by atoms with E-state index in [9.17, 15) is 18.3 Å². The zero-order valence-electron chi connectivity index (χ0n) is 21.6. The molecule has 9 nitrogen and oxygen atoms in total. The molecule has 11 heteroatoms. The summed E-state index contributed by atoms with van der Waals surface area (Å²) in [5, 5.41) is 9.71. The first-order valence-electron chi connectivity index (χ1n) is 11.7. The minimum atomic E-state index is -4.16. The van der Waals surface area contributed by atoms with Crippen LogP contribution in [0.2, 0.25) is 18.1 Å². The minimum Gasteiger partial charge on any atom is -0.480 e. The zero-order valence-corrected chi connectivity index (χ0v) is 23.4. The van der Waals surface area contributed by atoms with Gasteiger partial charge in [0, 0.05) is 32.4 Å². The quantitative estimate of drug-likeness (QED) is 0.349. The van der Waals surface area contributed by atoms with E-state index in [0.717, 1.165) is 10.7 Å². The molecule has 1 saturated heterocycles. The van der Waals surface area contributed by atoms with E-state index < -0.39 is 36.5 Å². The van der Waals surface area contributed by atoms with Crippen molar-refractivity contribution in [3.05, 3.63) is 17.8 Å². The SMILES string of the molecule is CO[C@H]1C[C@@H](C(=O)O)N(S(=O)(=O)c2ccc(C)nc2O[C@H](C)CCCO[Si](C)(C)C(C)(C)C)C1. The highest BCUT2D eigenvalue weighted by atomic mass is 32.2. The van der Waals surface area contributed by atoms with Gasteiger partial charge in [-0.25, -0.2) is 13.4 Å². The third-order valence-corrected chi connectivity index (χ3v) is 13.1. The van der Waals surface area contributed by atoms with E-state index in [2.05, 4.69) is 38.8 Å². The first-order valence-corrected chi connectivity index (χ1v) is 16.0. The topological polar surface area (TPSA) is 115 Å². The van der Waals surface area contributed by atoms with Gasteiger partial charge in [0.15, 0.2) is 8.32 Å². The van der Waals surface area contributed by atoms with Crippen LogP contribution in [0.4, 0.5) is 0 Å². The summed E-state index contributed by atoms with van der Waals surface area (Å²) >= 11 is 0. The van der Waals surface area contributed by atoms with Gasteiger partial charge in [0.25, 0.3) is 0 Å². The largest absolute Gasteiger partial charge is 0.480 e. The predicted molar refractivity (Wildman–Crippen MR) is 132 cm³/mol. The molecule has 2 heterocycles. The number of aliphatic carboxylic acids is 1. The Bertz CT molecular complexity index is 963. The molecule has 1 N–H and O–H groups in total. The molecule has 0 aromatic carbocycles. The molecule has 2 rings (SSSR count). The first kappa shape index (κ1) is 28.7. The van der Waals surface area contributed by atoms with E-state index >= 15 is 0 Å². The number of methoxy groups -OCH3 is 1. The summed E-state index contributed by atoms with van der Waals surface area (Å²) in [6.45, 7) is 15.2. The van der Waals surface area contributed by atoms with Crippen LogP contribution in [-0.2, 0) is 24.0 Å². The molecule has 0 amide bonds. The van der Waals surface area contributed by atoms with Gasteiger partial charge in [-0.15, -0.1) is 0 Å². The standard InChI is InChI=1S/C23H40N2O7SSi/c1-16-11-12-20(33(28,29)25-15-18(30-6)14-19(25)22(26)27)21(24-16)32-17(2)10-9-13-31-34(7,8)23(3,4)5/h11-12,17-19H,9-10,13-15H2,1-8H3,(H,26,27)/t17-,18+,19+/m1/s1. The van der Waals surface area contributed by atoms with Crippen molar-refractivity contribution < 1.29 is 32.2 Å². The molecule has 1 aromatic heterocycles. The van der Waals surface area contributed by atoms with Crippen molar-refractivity contribution in [2.45, 2.75) is 95.2 Å². The number of hydrogen-bond donors (Lipinski definition) is 1. The lowest BCUT2D eigenvalue weighted by Crippen LogP contribution is -2.41. The van der Waals surface area contributed by atoms with E-state index in [-0.39, 0.29) is 34.9 Å². The summed E-state index contributed by atoms with van der Waals surface area (Å²) in [7, 11) is -4.55. The van der Waals surface area contributed by atoms with Crippen LogP contribution in [0.3, 0.4) is 0 Å². The third kappa shape index (κ3) is 6.78. The van der Waals surface area contributed by atoms with Crippen LogP contribution in [0.15, 0.2) is 17.0 Å². The van der Waals surface area contributed by atoms with Crippen molar-refractivity contribution in [1.29, 1.82) is 0 Å². The van der Waals surface area contributed by atoms with Gasteiger partial charge in [0.1, 0.15) is 10.9 Å². The second-order valence-electron chi connectivity index (χ2n) is 10.5. The number of aromatic nitrogens is 1. The number of aryl methyl sites for hydroxylation is 1. The Kier molecular flexibility index (Phi) is 9.31. The van der Waals surface area contributed by atoms with Crippen LogP contribution in [-0.4, -0.2) is 75.6 Å². The Morgan fingerprint density at radius 2 is 1.97 bits per heavy atom. The fourth-order valence-electron chi connectivity index (χ4n) is 3.52. The molecule has 34 heavy (non-hydrogen) atoms. The van der Waals surface area contributed by atoms with Gasteiger partial charge in [-0.1, -0.05) is 20.8 Å². The lowest BCUT2D eigenvalue weighted by Gasteiger charge is -2.36. The summed E-state index contributed by atoms with van der Waals surface area (Å²) in [5.41, 5.74) is 0.605. The Balaban J connectivity index is 2.15. The minimum absolute atomic E-state index is 0.0113. The van der Waals surface area contributed by atoms with Crippen molar-refractivity contribution >= 4 is 24.3 Å². The normalized spacial score (nSPS) is 20.9. The van der Waals surface area contributed by atoms with Gasteiger partial charge in [-0.3, -0.25) is 4.79 Å². The molecule has 0 aliphatic carbocycles. The van der Waals surface area contributed by atoms with Crippen molar-refractivity contribution in [2.24, 2.45) is 0 Å². The smallest absolute Gasteiger partial charge is 0.322 e. The van der Waals surface area contributed by atoms with Crippen LogP contribution >= 0.6 is 0 Å². The molecule has 0 unspecified atom stereocenters. The zero-order chi connectivity index (χ0) is 25.9.